The maximum absolute atomic E-state index is 6.03. The van der Waals surface area contributed by atoms with Crippen molar-refractivity contribution in [1.82, 2.24) is 4.90 Å². The van der Waals surface area contributed by atoms with Crippen LogP contribution in [0.25, 0.3) is 0 Å². The van der Waals surface area contributed by atoms with Gasteiger partial charge in [-0.3, -0.25) is 4.99 Å². The summed E-state index contributed by atoms with van der Waals surface area (Å²) in [7, 11) is 1.71. The lowest BCUT2D eigenvalue weighted by Crippen LogP contribution is -2.48. The SMILES string of the molecule is COCCN1C(N)=NCC1(C)c1cc(C)cc(C)c1. The minimum atomic E-state index is -0.167. The first-order chi connectivity index (χ1) is 8.97. The van der Waals surface area contributed by atoms with Crippen molar-refractivity contribution in [3.8, 4) is 0 Å². The van der Waals surface area contributed by atoms with E-state index in [1.165, 1.54) is 16.7 Å². The van der Waals surface area contributed by atoms with Gasteiger partial charge in [0.05, 0.1) is 18.7 Å². The number of nitrogens with zero attached hydrogens (tertiary/aromatic N) is 2. The molecule has 0 spiro atoms. The van der Waals surface area contributed by atoms with Crippen molar-refractivity contribution in [3.05, 3.63) is 34.9 Å². The summed E-state index contributed by atoms with van der Waals surface area (Å²) in [6.45, 7) is 8.55. The number of rotatable bonds is 4. The summed E-state index contributed by atoms with van der Waals surface area (Å²) in [6, 6.07) is 6.63. The summed E-state index contributed by atoms with van der Waals surface area (Å²) in [6.07, 6.45) is 0. The highest BCUT2D eigenvalue weighted by Crippen LogP contribution is 2.33. The highest BCUT2D eigenvalue weighted by Gasteiger charge is 2.39. The first-order valence-electron chi connectivity index (χ1n) is 6.62. The lowest BCUT2D eigenvalue weighted by atomic mass is 9.89. The largest absolute Gasteiger partial charge is 0.383 e. The van der Waals surface area contributed by atoms with Crippen molar-refractivity contribution in [2.24, 2.45) is 10.7 Å². The fourth-order valence-electron chi connectivity index (χ4n) is 2.74. The first kappa shape index (κ1) is 13.9. The molecular weight excluding hydrogens is 238 g/mol. The van der Waals surface area contributed by atoms with Gasteiger partial charge in [-0.1, -0.05) is 29.3 Å². The van der Waals surface area contributed by atoms with E-state index in [9.17, 15) is 0 Å². The molecule has 1 heterocycles. The minimum Gasteiger partial charge on any atom is -0.383 e. The fourth-order valence-corrected chi connectivity index (χ4v) is 2.74. The zero-order valence-electron chi connectivity index (χ0n) is 12.2. The molecule has 1 aliphatic rings. The van der Waals surface area contributed by atoms with E-state index in [4.69, 9.17) is 10.5 Å². The lowest BCUT2D eigenvalue weighted by Gasteiger charge is -2.37. The highest BCUT2D eigenvalue weighted by molar-refractivity contribution is 5.81. The van der Waals surface area contributed by atoms with Crippen LogP contribution in [-0.4, -0.2) is 37.7 Å². The van der Waals surface area contributed by atoms with E-state index in [1.807, 2.05) is 0 Å². The molecule has 0 aromatic heterocycles. The van der Waals surface area contributed by atoms with E-state index in [-0.39, 0.29) is 5.54 Å². The number of aliphatic imine (C=N–C) groups is 1. The van der Waals surface area contributed by atoms with Crippen LogP contribution in [0.3, 0.4) is 0 Å². The number of nitrogens with two attached hydrogens (primary N) is 1. The Balaban J connectivity index is 2.35. The number of aryl methyl sites for hydroxylation is 2. The Kier molecular flexibility index (Phi) is 3.80. The summed E-state index contributed by atoms with van der Waals surface area (Å²) in [5, 5.41) is 0. The molecule has 0 saturated heterocycles. The average molecular weight is 261 g/mol. The predicted molar refractivity (Wildman–Crippen MR) is 78.3 cm³/mol. The van der Waals surface area contributed by atoms with Crippen LogP contribution in [0, 0.1) is 13.8 Å². The molecule has 2 N–H and O–H groups in total. The molecule has 1 aromatic carbocycles. The van der Waals surface area contributed by atoms with Crippen molar-refractivity contribution in [2.75, 3.05) is 26.8 Å². The van der Waals surface area contributed by atoms with E-state index < -0.39 is 0 Å². The monoisotopic (exact) mass is 261 g/mol. The van der Waals surface area contributed by atoms with E-state index in [0.717, 1.165) is 6.54 Å². The first-order valence-corrected chi connectivity index (χ1v) is 6.62. The number of ether oxygens (including phenoxy) is 1. The molecule has 1 unspecified atom stereocenters. The Morgan fingerprint density at radius 3 is 2.53 bits per heavy atom. The molecule has 0 fully saturated rings. The summed E-state index contributed by atoms with van der Waals surface area (Å²) in [4.78, 5) is 6.57. The minimum absolute atomic E-state index is 0.167. The molecule has 19 heavy (non-hydrogen) atoms. The maximum Gasteiger partial charge on any atom is 0.192 e. The normalized spacial score (nSPS) is 22.7. The molecule has 4 nitrogen and oxygen atoms in total. The predicted octanol–water partition coefficient (Wildman–Crippen LogP) is 1.80. The van der Waals surface area contributed by atoms with Gasteiger partial charge in [0.2, 0.25) is 0 Å². The molecule has 0 amide bonds. The number of guanidine groups is 1. The molecule has 4 heteroatoms. The highest BCUT2D eigenvalue weighted by atomic mass is 16.5. The lowest BCUT2D eigenvalue weighted by molar-refractivity contribution is 0.137. The van der Waals surface area contributed by atoms with Crippen molar-refractivity contribution in [1.29, 1.82) is 0 Å². The topological polar surface area (TPSA) is 50.9 Å². The second-order valence-corrected chi connectivity index (χ2v) is 5.47. The molecule has 2 rings (SSSR count). The Bertz CT molecular complexity index is 478. The van der Waals surface area contributed by atoms with Crippen LogP contribution in [0.5, 0.6) is 0 Å². The third-order valence-electron chi connectivity index (χ3n) is 3.78. The number of hydrogen-bond donors (Lipinski definition) is 1. The summed E-state index contributed by atoms with van der Waals surface area (Å²) in [5.41, 5.74) is 9.67. The van der Waals surface area contributed by atoms with E-state index >= 15 is 0 Å². The zero-order chi connectivity index (χ0) is 14.0. The summed E-state index contributed by atoms with van der Waals surface area (Å²) < 4.78 is 5.18. The van der Waals surface area contributed by atoms with E-state index in [0.29, 0.717) is 19.1 Å². The molecule has 104 valence electrons. The van der Waals surface area contributed by atoms with Crippen LogP contribution in [-0.2, 0) is 10.3 Å². The van der Waals surface area contributed by atoms with Gasteiger partial charge < -0.3 is 15.4 Å². The number of hydrogen-bond acceptors (Lipinski definition) is 4. The fraction of sp³-hybridized carbons (Fsp3) is 0.533. The van der Waals surface area contributed by atoms with Crippen LogP contribution >= 0.6 is 0 Å². The molecule has 0 aliphatic carbocycles. The van der Waals surface area contributed by atoms with Gasteiger partial charge in [-0.05, 0) is 26.3 Å². The van der Waals surface area contributed by atoms with Gasteiger partial charge >= 0.3 is 0 Å². The van der Waals surface area contributed by atoms with E-state index in [1.54, 1.807) is 7.11 Å². The maximum atomic E-state index is 6.03. The van der Waals surface area contributed by atoms with Gasteiger partial charge in [-0.25, -0.2) is 0 Å². The molecule has 0 radical (unpaired) electrons. The molecular formula is C15H23N3O. The quantitative estimate of drug-likeness (QED) is 0.899. The van der Waals surface area contributed by atoms with Crippen LogP contribution < -0.4 is 5.73 Å². The summed E-state index contributed by atoms with van der Waals surface area (Å²) >= 11 is 0. The molecule has 0 saturated carbocycles. The van der Waals surface area contributed by atoms with Crippen LogP contribution in [0.1, 0.15) is 23.6 Å². The van der Waals surface area contributed by atoms with Crippen LogP contribution in [0.4, 0.5) is 0 Å². The summed E-state index contributed by atoms with van der Waals surface area (Å²) in [5.74, 6) is 0.610. The zero-order valence-corrected chi connectivity index (χ0v) is 12.2. The Labute approximate surface area is 115 Å². The van der Waals surface area contributed by atoms with Crippen molar-refractivity contribution >= 4 is 5.96 Å². The smallest absolute Gasteiger partial charge is 0.192 e. The van der Waals surface area contributed by atoms with Crippen molar-refractivity contribution in [2.45, 2.75) is 26.3 Å². The standard InChI is InChI=1S/C15H23N3O/c1-11-7-12(2)9-13(8-11)15(3)10-17-14(16)18(15)5-6-19-4/h7-9H,5-6,10H2,1-4H3,(H2,16,17). The van der Waals surface area contributed by atoms with Gasteiger partial charge in [0.15, 0.2) is 5.96 Å². The molecule has 1 atom stereocenters. The van der Waals surface area contributed by atoms with Gasteiger partial charge in [0.1, 0.15) is 0 Å². The second-order valence-electron chi connectivity index (χ2n) is 5.47. The van der Waals surface area contributed by atoms with Crippen molar-refractivity contribution < 1.29 is 4.74 Å². The van der Waals surface area contributed by atoms with Crippen LogP contribution in [0.15, 0.2) is 23.2 Å². The van der Waals surface area contributed by atoms with Crippen molar-refractivity contribution in [3.63, 3.8) is 0 Å². The Morgan fingerprint density at radius 1 is 1.32 bits per heavy atom. The third-order valence-corrected chi connectivity index (χ3v) is 3.78. The van der Waals surface area contributed by atoms with Gasteiger partial charge in [0.25, 0.3) is 0 Å². The second kappa shape index (κ2) is 5.21. The van der Waals surface area contributed by atoms with Gasteiger partial charge in [0, 0.05) is 13.7 Å². The molecule has 0 bridgehead atoms. The third kappa shape index (κ3) is 2.59. The van der Waals surface area contributed by atoms with Gasteiger partial charge in [-0.15, -0.1) is 0 Å². The van der Waals surface area contributed by atoms with E-state index in [2.05, 4.69) is 48.9 Å². The number of methoxy groups -OCH3 is 1. The van der Waals surface area contributed by atoms with Crippen LogP contribution in [0.2, 0.25) is 0 Å². The van der Waals surface area contributed by atoms with Gasteiger partial charge in [-0.2, -0.15) is 0 Å². The average Bonchev–Trinajstić information content (AvgIpc) is 2.63. The Hall–Kier alpha value is -1.55. The molecule has 1 aromatic rings. The Morgan fingerprint density at radius 2 is 1.95 bits per heavy atom. The number of benzene rings is 1. The molecule has 1 aliphatic heterocycles.